The molecule has 0 amide bonds. The Morgan fingerprint density at radius 3 is 2.55 bits per heavy atom. The normalized spacial score (nSPS) is 36.8. The monoisotopic (exact) mass is 155 g/mol. The van der Waals surface area contributed by atoms with E-state index in [1.165, 1.54) is 19.3 Å². The van der Waals surface area contributed by atoms with E-state index in [-0.39, 0.29) is 0 Å². The molecule has 0 aliphatic heterocycles. The van der Waals surface area contributed by atoms with E-state index in [0.29, 0.717) is 12.1 Å². The van der Waals surface area contributed by atoms with Gasteiger partial charge in [0.25, 0.3) is 0 Å². The second-order valence-electron chi connectivity index (χ2n) is 3.96. The molecule has 2 nitrogen and oxygen atoms in total. The summed E-state index contributed by atoms with van der Waals surface area (Å²) in [6.07, 6.45) is 6.84. The molecule has 0 unspecified atom stereocenters. The van der Waals surface area contributed by atoms with E-state index < -0.39 is 0 Å². The Morgan fingerprint density at radius 1 is 1.27 bits per heavy atom. The molecule has 2 N–H and O–H groups in total. The van der Waals surface area contributed by atoms with E-state index in [4.69, 9.17) is 10.5 Å². The van der Waals surface area contributed by atoms with Gasteiger partial charge in [-0.2, -0.15) is 0 Å². The molecule has 2 aliphatic rings. The fourth-order valence-corrected chi connectivity index (χ4v) is 1.55. The van der Waals surface area contributed by atoms with Gasteiger partial charge in [-0.15, -0.1) is 0 Å². The zero-order chi connectivity index (χ0) is 7.68. The zero-order valence-electron chi connectivity index (χ0n) is 6.96. The van der Waals surface area contributed by atoms with Gasteiger partial charge in [0, 0.05) is 12.6 Å². The SMILES string of the molecule is NC1CC(OCCC2CC2)C1. The highest BCUT2D eigenvalue weighted by molar-refractivity contribution is 4.83. The molecule has 64 valence electrons. The van der Waals surface area contributed by atoms with E-state index in [0.717, 1.165) is 25.4 Å². The van der Waals surface area contributed by atoms with Crippen molar-refractivity contribution in [3.63, 3.8) is 0 Å². The summed E-state index contributed by atoms with van der Waals surface area (Å²) in [5.41, 5.74) is 5.63. The molecule has 0 spiro atoms. The fraction of sp³-hybridized carbons (Fsp3) is 1.00. The summed E-state index contributed by atoms with van der Waals surface area (Å²) in [5.74, 6) is 1.00. The average molecular weight is 155 g/mol. The van der Waals surface area contributed by atoms with Crippen LogP contribution in [-0.4, -0.2) is 18.8 Å². The quantitative estimate of drug-likeness (QED) is 0.664. The highest BCUT2D eigenvalue weighted by Crippen LogP contribution is 2.32. The van der Waals surface area contributed by atoms with E-state index in [2.05, 4.69) is 0 Å². The molecule has 0 heterocycles. The molecule has 2 saturated carbocycles. The molecule has 0 aromatic carbocycles. The topological polar surface area (TPSA) is 35.2 Å². The van der Waals surface area contributed by atoms with Crippen LogP contribution in [0.1, 0.15) is 32.1 Å². The Bertz CT molecular complexity index is 128. The minimum Gasteiger partial charge on any atom is -0.378 e. The largest absolute Gasteiger partial charge is 0.378 e. The molecule has 2 aliphatic carbocycles. The fourth-order valence-electron chi connectivity index (χ4n) is 1.55. The first-order chi connectivity index (χ1) is 5.34. The first-order valence-electron chi connectivity index (χ1n) is 4.72. The van der Waals surface area contributed by atoms with Crippen molar-refractivity contribution < 1.29 is 4.74 Å². The van der Waals surface area contributed by atoms with Crippen LogP contribution in [-0.2, 0) is 4.74 Å². The van der Waals surface area contributed by atoms with Gasteiger partial charge in [0.1, 0.15) is 0 Å². The first-order valence-corrected chi connectivity index (χ1v) is 4.72. The summed E-state index contributed by atoms with van der Waals surface area (Å²) < 4.78 is 5.62. The van der Waals surface area contributed by atoms with Crippen LogP contribution in [0.4, 0.5) is 0 Å². The predicted octanol–water partition coefficient (Wildman–Crippen LogP) is 1.29. The minimum atomic E-state index is 0.431. The summed E-state index contributed by atoms with van der Waals surface area (Å²) in [6, 6.07) is 0.431. The zero-order valence-corrected chi connectivity index (χ0v) is 6.96. The van der Waals surface area contributed by atoms with Gasteiger partial charge >= 0.3 is 0 Å². The van der Waals surface area contributed by atoms with Crippen LogP contribution in [0.2, 0.25) is 0 Å². The molecule has 0 bridgehead atoms. The van der Waals surface area contributed by atoms with Gasteiger partial charge in [-0.25, -0.2) is 0 Å². The van der Waals surface area contributed by atoms with Crippen LogP contribution in [0.3, 0.4) is 0 Å². The lowest BCUT2D eigenvalue weighted by Crippen LogP contribution is -2.41. The van der Waals surface area contributed by atoms with Crippen LogP contribution in [0.25, 0.3) is 0 Å². The molecular weight excluding hydrogens is 138 g/mol. The van der Waals surface area contributed by atoms with Gasteiger partial charge < -0.3 is 10.5 Å². The number of nitrogens with two attached hydrogens (primary N) is 1. The third-order valence-electron chi connectivity index (χ3n) is 2.71. The Morgan fingerprint density at radius 2 is 2.00 bits per heavy atom. The molecule has 0 aromatic rings. The maximum Gasteiger partial charge on any atom is 0.0604 e. The van der Waals surface area contributed by atoms with Crippen molar-refractivity contribution in [2.75, 3.05) is 6.61 Å². The van der Waals surface area contributed by atoms with Gasteiger partial charge in [-0.1, -0.05) is 12.8 Å². The lowest BCUT2D eigenvalue weighted by atomic mass is 9.90. The van der Waals surface area contributed by atoms with Crippen LogP contribution in [0.15, 0.2) is 0 Å². The molecule has 2 fully saturated rings. The van der Waals surface area contributed by atoms with Gasteiger partial charge in [-0.05, 0) is 25.2 Å². The lowest BCUT2D eigenvalue weighted by molar-refractivity contribution is -0.0107. The van der Waals surface area contributed by atoms with Crippen molar-refractivity contribution in [1.29, 1.82) is 0 Å². The van der Waals surface area contributed by atoms with Gasteiger partial charge in [0.2, 0.25) is 0 Å². The Labute approximate surface area is 68.1 Å². The number of hydrogen-bond acceptors (Lipinski definition) is 2. The summed E-state index contributed by atoms with van der Waals surface area (Å²) in [4.78, 5) is 0. The number of ether oxygens (including phenoxy) is 1. The molecule has 0 saturated heterocycles. The second kappa shape index (κ2) is 3.11. The molecule has 0 radical (unpaired) electrons. The molecule has 2 heteroatoms. The molecular formula is C9H17NO. The van der Waals surface area contributed by atoms with Crippen molar-refractivity contribution in [2.24, 2.45) is 11.7 Å². The van der Waals surface area contributed by atoms with Crippen LogP contribution >= 0.6 is 0 Å². The molecule has 11 heavy (non-hydrogen) atoms. The summed E-state index contributed by atoms with van der Waals surface area (Å²) in [5, 5.41) is 0. The van der Waals surface area contributed by atoms with Crippen molar-refractivity contribution in [3.8, 4) is 0 Å². The van der Waals surface area contributed by atoms with Crippen LogP contribution < -0.4 is 5.73 Å². The maximum atomic E-state index is 5.63. The van der Waals surface area contributed by atoms with Gasteiger partial charge in [-0.3, -0.25) is 0 Å². The summed E-state index contributed by atoms with van der Waals surface area (Å²) in [7, 11) is 0. The Balaban J connectivity index is 1.47. The minimum absolute atomic E-state index is 0.431. The van der Waals surface area contributed by atoms with Crippen molar-refractivity contribution in [3.05, 3.63) is 0 Å². The third kappa shape index (κ3) is 2.17. The summed E-state index contributed by atoms with van der Waals surface area (Å²) >= 11 is 0. The number of rotatable bonds is 4. The Hall–Kier alpha value is -0.0800. The number of hydrogen-bond donors (Lipinski definition) is 1. The van der Waals surface area contributed by atoms with Gasteiger partial charge in [0.15, 0.2) is 0 Å². The van der Waals surface area contributed by atoms with Crippen molar-refractivity contribution in [2.45, 2.75) is 44.2 Å². The third-order valence-corrected chi connectivity index (χ3v) is 2.71. The van der Waals surface area contributed by atoms with Crippen molar-refractivity contribution in [1.82, 2.24) is 0 Å². The van der Waals surface area contributed by atoms with E-state index in [1.807, 2.05) is 0 Å². The van der Waals surface area contributed by atoms with Crippen LogP contribution in [0, 0.1) is 5.92 Å². The first kappa shape index (κ1) is 7.56. The van der Waals surface area contributed by atoms with E-state index in [1.54, 1.807) is 0 Å². The highest BCUT2D eigenvalue weighted by atomic mass is 16.5. The summed E-state index contributed by atoms with van der Waals surface area (Å²) in [6.45, 7) is 0.974. The smallest absolute Gasteiger partial charge is 0.0604 e. The second-order valence-corrected chi connectivity index (χ2v) is 3.96. The highest BCUT2D eigenvalue weighted by Gasteiger charge is 2.27. The molecule has 0 aromatic heterocycles. The predicted molar refractivity (Wildman–Crippen MR) is 44.3 cm³/mol. The van der Waals surface area contributed by atoms with E-state index >= 15 is 0 Å². The Kier molecular flexibility index (Phi) is 2.14. The van der Waals surface area contributed by atoms with E-state index in [9.17, 15) is 0 Å². The standard InChI is InChI=1S/C9H17NO/c10-8-5-9(6-8)11-4-3-7-1-2-7/h7-9H,1-6,10H2. The van der Waals surface area contributed by atoms with Crippen molar-refractivity contribution >= 4 is 0 Å². The lowest BCUT2D eigenvalue weighted by Gasteiger charge is -2.32. The van der Waals surface area contributed by atoms with Gasteiger partial charge in [0.05, 0.1) is 6.10 Å². The average Bonchev–Trinajstić information content (AvgIpc) is 2.67. The van der Waals surface area contributed by atoms with Crippen LogP contribution in [0.5, 0.6) is 0 Å². The molecule has 2 rings (SSSR count). The maximum absolute atomic E-state index is 5.63. The molecule has 0 atom stereocenters.